The number of carbonyl (C=O) groups excluding carboxylic acids is 2. The van der Waals surface area contributed by atoms with Crippen molar-refractivity contribution in [3.05, 3.63) is 11.8 Å². The second-order valence-electron chi connectivity index (χ2n) is 2.65. The maximum absolute atomic E-state index is 10.7. The first-order chi connectivity index (χ1) is 6.61. The molecule has 0 unspecified atom stereocenters. The van der Waals surface area contributed by atoms with Crippen molar-refractivity contribution >= 4 is 11.9 Å². The smallest absolute Gasteiger partial charge is 0.543 e. The van der Waals surface area contributed by atoms with E-state index in [1.54, 1.807) is 0 Å². The topological polar surface area (TPSA) is 78.5 Å². The molecule has 0 aliphatic heterocycles. The van der Waals surface area contributed by atoms with Gasteiger partial charge in [0.05, 0.1) is 18.8 Å². The van der Waals surface area contributed by atoms with E-state index in [0.717, 1.165) is 18.9 Å². The molecule has 0 aromatic carbocycles. The molecule has 0 radical (unpaired) electrons. The zero-order valence-corrected chi connectivity index (χ0v) is 12.5. The molecule has 0 aromatic heterocycles. The minimum atomic E-state index is -1.41. The van der Waals surface area contributed by atoms with Crippen LogP contribution in [0.4, 0.5) is 0 Å². The molecule has 0 fully saturated rings. The largest absolute Gasteiger partial charge is 1.00 e. The predicted octanol–water partition coefficient (Wildman–Crippen LogP) is -3.81. The normalized spacial score (nSPS) is 10.1. The summed E-state index contributed by atoms with van der Waals surface area (Å²) in [5.41, 5.74) is -0.245. The Balaban J connectivity index is 0. The van der Waals surface area contributed by atoms with Crippen LogP contribution in [-0.4, -0.2) is 25.6 Å². The molecular weight excluding hydrogens is 225 g/mol. The van der Waals surface area contributed by atoms with Crippen molar-refractivity contribution in [3.8, 4) is 0 Å². The summed E-state index contributed by atoms with van der Waals surface area (Å²) in [5, 5.41) is 13.1. The van der Waals surface area contributed by atoms with Gasteiger partial charge in [-0.1, -0.05) is 13.3 Å². The van der Waals surface area contributed by atoms with E-state index in [4.69, 9.17) is 0 Å². The van der Waals surface area contributed by atoms with Crippen LogP contribution in [0.25, 0.3) is 0 Å². The van der Waals surface area contributed by atoms with Crippen molar-refractivity contribution < 1.29 is 70.8 Å². The molecule has 0 saturated heterocycles. The zero-order chi connectivity index (χ0) is 11.0. The van der Waals surface area contributed by atoms with Gasteiger partial charge in [0.25, 0.3) is 0 Å². The molecule has 0 heterocycles. The summed E-state index contributed by atoms with van der Waals surface area (Å²) in [4.78, 5) is 21.2. The predicted molar refractivity (Wildman–Crippen MR) is 48.0 cm³/mol. The van der Waals surface area contributed by atoms with Crippen LogP contribution >= 0.6 is 0 Å². The van der Waals surface area contributed by atoms with E-state index in [9.17, 15) is 14.7 Å². The molecule has 0 rings (SSSR count). The molecule has 0 aromatic rings. The van der Waals surface area contributed by atoms with E-state index >= 15 is 0 Å². The van der Waals surface area contributed by atoms with Crippen LogP contribution in [0, 0.1) is 0 Å². The van der Waals surface area contributed by atoms with Gasteiger partial charge in [-0.15, -0.1) is 0 Å². The van der Waals surface area contributed by atoms with Crippen molar-refractivity contribution in [1.82, 2.24) is 5.32 Å². The standard InChI is InChI=1S/C9H15NO4.K/c1-3-4-5-10-7(9(12)13)6-8(11)14-2;/h6,10H,3-5H2,1-2H3,(H,12,13);/q;+1/p-1. The van der Waals surface area contributed by atoms with Crippen molar-refractivity contribution in [2.45, 2.75) is 19.8 Å². The van der Waals surface area contributed by atoms with E-state index in [1.165, 1.54) is 7.11 Å². The second-order valence-corrected chi connectivity index (χ2v) is 2.65. The Bertz CT molecular complexity index is 240. The summed E-state index contributed by atoms with van der Waals surface area (Å²) in [6.07, 6.45) is 2.63. The van der Waals surface area contributed by atoms with Crippen molar-refractivity contribution in [2.24, 2.45) is 0 Å². The summed E-state index contributed by atoms with van der Waals surface area (Å²) < 4.78 is 4.29. The summed E-state index contributed by atoms with van der Waals surface area (Å²) in [5.74, 6) is -2.13. The fourth-order valence-electron chi connectivity index (χ4n) is 0.759. The molecule has 0 aliphatic carbocycles. The van der Waals surface area contributed by atoms with Gasteiger partial charge in [-0.05, 0) is 6.42 Å². The minimum absolute atomic E-state index is 0. The van der Waals surface area contributed by atoms with Crippen LogP contribution in [0.1, 0.15) is 19.8 Å². The quantitative estimate of drug-likeness (QED) is 0.222. The monoisotopic (exact) mass is 239 g/mol. The van der Waals surface area contributed by atoms with Gasteiger partial charge in [0.2, 0.25) is 0 Å². The maximum Gasteiger partial charge on any atom is 1.00 e. The third-order valence-electron chi connectivity index (χ3n) is 1.53. The molecule has 1 N–H and O–H groups in total. The number of hydrogen-bond acceptors (Lipinski definition) is 5. The van der Waals surface area contributed by atoms with Crippen LogP contribution in [-0.2, 0) is 14.3 Å². The molecule has 0 atom stereocenters. The fourth-order valence-corrected chi connectivity index (χ4v) is 0.759. The molecular formula is C9H14KNO4. The number of aliphatic carboxylic acids is 1. The Hall–Kier alpha value is 0.116. The number of nitrogens with one attached hydrogen (secondary N) is 1. The Morgan fingerprint density at radius 2 is 2.07 bits per heavy atom. The third-order valence-corrected chi connectivity index (χ3v) is 1.53. The number of ether oxygens (including phenoxy) is 1. The van der Waals surface area contributed by atoms with Crippen molar-refractivity contribution in [2.75, 3.05) is 13.7 Å². The van der Waals surface area contributed by atoms with Crippen LogP contribution in [0.15, 0.2) is 11.8 Å². The zero-order valence-electron chi connectivity index (χ0n) is 9.33. The number of carbonyl (C=O) groups is 2. The number of rotatable bonds is 6. The average Bonchev–Trinajstić information content (AvgIpc) is 2.16. The van der Waals surface area contributed by atoms with E-state index < -0.39 is 11.9 Å². The summed E-state index contributed by atoms with van der Waals surface area (Å²) in [7, 11) is 1.18. The summed E-state index contributed by atoms with van der Waals surface area (Å²) in [6, 6.07) is 0. The van der Waals surface area contributed by atoms with E-state index in [1.807, 2.05) is 6.92 Å². The van der Waals surface area contributed by atoms with Gasteiger partial charge in [-0.3, -0.25) is 0 Å². The first-order valence-electron chi connectivity index (χ1n) is 4.36. The van der Waals surface area contributed by atoms with Gasteiger partial charge in [0.15, 0.2) is 0 Å². The Labute approximate surface area is 132 Å². The van der Waals surface area contributed by atoms with Crippen LogP contribution < -0.4 is 61.8 Å². The minimum Gasteiger partial charge on any atom is -0.543 e. The third kappa shape index (κ3) is 9.07. The Kier molecular flexibility index (Phi) is 12.4. The molecule has 15 heavy (non-hydrogen) atoms. The number of carboxylic acid groups (broad SMARTS) is 1. The number of carboxylic acids is 1. The number of esters is 1. The van der Waals surface area contributed by atoms with Crippen molar-refractivity contribution in [1.29, 1.82) is 0 Å². The first kappa shape index (κ1) is 17.5. The van der Waals surface area contributed by atoms with Crippen LogP contribution in [0.3, 0.4) is 0 Å². The molecule has 0 aliphatic rings. The van der Waals surface area contributed by atoms with E-state index in [-0.39, 0.29) is 57.1 Å². The first-order valence-corrected chi connectivity index (χ1v) is 4.36. The summed E-state index contributed by atoms with van der Waals surface area (Å²) in [6.45, 7) is 2.47. The molecule has 80 valence electrons. The van der Waals surface area contributed by atoms with Gasteiger partial charge in [0, 0.05) is 12.6 Å². The van der Waals surface area contributed by atoms with Crippen LogP contribution in [0.5, 0.6) is 0 Å². The van der Waals surface area contributed by atoms with Gasteiger partial charge >= 0.3 is 57.4 Å². The SMILES string of the molecule is CCCCNC(=CC(=O)OC)C(=O)[O-].[K+]. The second kappa shape index (κ2) is 10.6. The van der Waals surface area contributed by atoms with Gasteiger partial charge in [-0.2, -0.15) is 0 Å². The number of unbranched alkanes of at least 4 members (excludes halogenated alkanes) is 1. The van der Waals surface area contributed by atoms with E-state index in [2.05, 4.69) is 10.1 Å². The fraction of sp³-hybridized carbons (Fsp3) is 0.556. The maximum atomic E-state index is 10.7. The Morgan fingerprint density at radius 1 is 1.47 bits per heavy atom. The van der Waals surface area contributed by atoms with E-state index in [0.29, 0.717) is 6.54 Å². The molecule has 0 amide bonds. The molecule has 0 spiro atoms. The van der Waals surface area contributed by atoms with Gasteiger partial charge in [0.1, 0.15) is 0 Å². The number of hydrogen-bond donors (Lipinski definition) is 1. The van der Waals surface area contributed by atoms with Crippen molar-refractivity contribution in [3.63, 3.8) is 0 Å². The van der Waals surface area contributed by atoms with Crippen LogP contribution in [0.2, 0.25) is 0 Å². The molecule has 0 bridgehead atoms. The Morgan fingerprint density at radius 3 is 2.47 bits per heavy atom. The number of methoxy groups -OCH3 is 1. The molecule has 6 heteroatoms. The molecule has 0 saturated carbocycles. The van der Waals surface area contributed by atoms with Gasteiger partial charge in [-0.25, -0.2) is 4.79 Å². The van der Waals surface area contributed by atoms with Gasteiger partial charge < -0.3 is 20.0 Å². The average molecular weight is 239 g/mol. The molecule has 5 nitrogen and oxygen atoms in total. The summed E-state index contributed by atoms with van der Waals surface area (Å²) >= 11 is 0.